The molecule has 0 N–H and O–H groups in total. The molecule has 0 atom stereocenters. The number of anilines is 1. The van der Waals surface area contributed by atoms with E-state index in [9.17, 15) is 0 Å². The van der Waals surface area contributed by atoms with Crippen LogP contribution in [0.4, 0.5) is 5.82 Å². The van der Waals surface area contributed by atoms with Gasteiger partial charge >= 0.3 is 0 Å². The summed E-state index contributed by atoms with van der Waals surface area (Å²) in [6.07, 6.45) is 7.29. The van der Waals surface area contributed by atoms with Crippen molar-refractivity contribution in [2.75, 3.05) is 18.0 Å². The van der Waals surface area contributed by atoms with E-state index in [0.29, 0.717) is 5.41 Å². The van der Waals surface area contributed by atoms with Crippen molar-refractivity contribution in [1.82, 2.24) is 0 Å². The normalized spacial score (nSPS) is 11.1. The van der Waals surface area contributed by atoms with Gasteiger partial charge in [-0.15, -0.1) is 0 Å². The molecule has 0 unspecified atom stereocenters. The smallest absolute Gasteiger partial charge is 0.276 e. The first kappa shape index (κ1) is 20.2. The molecular weight excluding hydrogens is 280 g/mol. The van der Waals surface area contributed by atoms with Crippen LogP contribution in [0.5, 0.6) is 0 Å². The summed E-state index contributed by atoms with van der Waals surface area (Å²) in [6, 6.07) is 6.59. The maximum Gasteiger partial charge on any atom is 0.276 e. The van der Waals surface area contributed by atoms with Crippen molar-refractivity contribution >= 4 is 5.82 Å². The Morgan fingerprint density at radius 1 is 1.00 bits per heavy atom. The average molecular weight is 313 g/mol. The minimum atomic E-state index is 0. The van der Waals surface area contributed by atoms with Gasteiger partial charge in [-0.25, -0.2) is 4.57 Å². The number of rotatable bonds is 8. The van der Waals surface area contributed by atoms with Crippen LogP contribution in [0.3, 0.4) is 0 Å². The van der Waals surface area contributed by atoms with E-state index in [1.54, 1.807) is 0 Å². The fourth-order valence-corrected chi connectivity index (χ4v) is 2.44. The minimum absolute atomic E-state index is 0. The summed E-state index contributed by atoms with van der Waals surface area (Å²) in [4.78, 5) is 2.57. The number of unbranched alkanes of at least 4 members (excludes halogenated alkanes) is 2. The average Bonchev–Trinajstić information content (AvgIpc) is 2.38. The van der Waals surface area contributed by atoms with Crippen LogP contribution < -0.4 is 21.9 Å². The van der Waals surface area contributed by atoms with Gasteiger partial charge in [-0.05, 0) is 24.3 Å². The first-order chi connectivity index (χ1) is 9.48. The molecule has 0 spiro atoms. The zero-order chi connectivity index (χ0) is 15.0. The second kappa shape index (κ2) is 10.0. The molecule has 0 aliphatic heterocycles. The van der Waals surface area contributed by atoms with Crippen LogP contribution in [-0.2, 0) is 6.54 Å². The fourth-order valence-electron chi connectivity index (χ4n) is 2.44. The highest BCUT2D eigenvalue weighted by molar-refractivity contribution is 5.32. The molecule has 1 aromatic heterocycles. The molecule has 0 saturated carbocycles. The van der Waals surface area contributed by atoms with Crippen molar-refractivity contribution in [3.8, 4) is 0 Å². The fraction of sp³-hybridized carbons (Fsp3) is 0.722. The summed E-state index contributed by atoms with van der Waals surface area (Å²) in [6.45, 7) is 14.9. The topological polar surface area (TPSA) is 7.12 Å². The number of nitrogens with zero attached hydrogens (tertiary/aromatic N) is 2. The van der Waals surface area contributed by atoms with Crippen LogP contribution in [0.2, 0.25) is 0 Å². The van der Waals surface area contributed by atoms with Crippen molar-refractivity contribution in [2.24, 2.45) is 5.41 Å². The molecule has 21 heavy (non-hydrogen) atoms. The largest absolute Gasteiger partial charge is 1.00 e. The van der Waals surface area contributed by atoms with Crippen molar-refractivity contribution in [3.63, 3.8) is 0 Å². The van der Waals surface area contributed by atoms with Gasteiger partial charge < -0.3 is 12.4 Å². The lowest BCUT2D eigenvalue weighted by Crippen LogP contribution is -3.00. The lowest BCUT2D eigenvalue weighted by molar-refractivity contribution is -0.696. The number of aromatic nitrogens is 1. The summed E-state index contributed by atoms with van der Waals surface area (Å²) in [5.41, 5.74) is 0.307. The monoisotopic (exact) mass is 312 g/mol. The van der Waals surface area contributed by atoms with E-state index in [1.165, 1.54) is 44.6 Å². The Labute approximate surface area is 138 Å². The second-order valence-electron chi connectivity index (χ2n) is 6.94. The van der Waals surface area contributed by atoms with E-state index >= 15 is 0 Å². The quantitative estimate of drug-likeness (QED) is 0.659. The maximum atomic E-state index is 2.57. The predicted octanol–water partition coefficient (Wildman–Crippen LogP) is 1.43. The SMILES string of the molecule is CCCCN(CCCC)c1cccc[n+]1CC(C)(C)C.[Cl-]. The molecular formula is C18H33ClN2. The van der Waals surface area contributed by atoms with Gasteiger partial charge in [0.25, 0.3) is 5.82 Å². The molecule has 0 fully saturated rings. The van der Waals surface area contributed by atoms with Gasteiger partial charge in [0, 0.05) is 6.07 Å². The Kier molecular flexibility index (Phi) is 9.68. The van der Waals surface area contributed by atoms with Gasteiger partial charge in [-0.1, -0.05) is 53.5 Å². The summed E-state index contributed by atoms with van der Waals surface area (Å²) < 4.78 is 2.42. The van der Waals surface area contributed by atoms with Gasteiger partial charge in [0.05, 0.1) is 25.8 Å². The standard InChI is InChI=1S/C18H33N2.ClH/c1-6-8-13-19(14-9-7-2)17-12-10-11-15-20(17)16-18(3,4)5;/h10-12,15H,6-9,13-14,16H2,1-5H3;1H/q+1;/p-1. The van der Waals surface area contributed by atoms with Gasteiger partial charge in [0.1, 0.15) is 0 Å². The lowest BCUT2D eigenvalue weighted by atomic mass is 9.97. The number of hydrogen-bond donors (Lipinski definition) is 0. The van der Waals surface area contributed by atoms with E-state index < -0.39 is 0 Å². The van der Waals surface area contributed by atoms with E-state index in [4.69, 9.17) is 0 Å². The number of halogens is 1. The van der Waals surface area contributed by atoms with E-state index in [2.05, 4.69) is 68.5 Å². The number of pyridine rings is 1. The van der Waals surface area contributed by atoms with Crippen LogP contribution in [0, 0.1) is 5.41 Å². The second-order valence-corrected chi connectivity index (χ2v) is 6.94. The molecule has 3 heteroatoms. The Bertz CT molecular complexity index is 377. The third-order valence-corrected chi connectivity index (χ3v) is 3.45. The summed E-state index contributed by atoms with van der Waals surface area (Å²) in [5, 5.41) is 0. The molecule has 0 aromatic carbocycles. The summed E-state index contributed by atoms with van der Waals surface area (Å²) in [7, 11) is 0. The Morgan fingerprint density at radius 2 is 1.57 bits per heavy atom. The van der Waals surface area contributed by atoms with E-state index in [-0.39, 0.29) is 12.4 Å². The highest BCUT2D eigenvalue weighted by atomic mass is 35.5. The molecule has 122 valence electrons. The zero-order valence-electron chi connectivity index (χ0n) is 14.5. The third-order valence-electron chi connectivity index (χ3n) is 3.45. The first-order valence-electron chi connectivity index (χ1n) is 8.21. The maximum absolute atomic E-state index is 2.57. The van der Waals surface area contributed by atoms with Crippen molar-refractivity contribution in [2.45, 2.75) is 66.8 Å². The zero-order valence-corrected chi connectivity index (χ0v) is 15.3. The van der Waals surface area contributed by atoms with Gasteiger partial charge in [-0.3, -0.25) is 4.90 Å². The molecule has 0 radical (unpaired) electrons. The van der Waals surface area contributed by atoms with Crippen molar-refractivity contribution in [3.05, 3.63) is 24.4 Å². The third kappa shape index (κ3) is 7.71. The van der Waals surface area contributed by atoms with Crippen molar-refractivity contribution in [1.29, 1.82) is 0 Å². The molecule has 0 aliphatic carbocycles. The molecule has 0 amide bonds. The van der Waals surface area contributed by atoms with Gasteiger partial charge in [0.2, 0.25) is 0 Å². The Morgan fingerprint density at radius 3 is 2.05 bits per heavy atom. The Hall–Kier alpha value is -0.760. The molecule has 1 rings (SSSR count). The van der Waals surface area contributed by atoms with Crippen LogP contribution >= 0.6 is 0 Å². The lowest BCUT2D eigenvalue weighted by Gasteiger charge is -2.23. The van der Waals surface area contributed by atoms with Crippen LogP contribution in [-0.4, -0.2) is 13.1 Å². The minimum Gasteiger partial charge on any atom is -1.00 e. The molecule has 0 aliphatic rings. The Balaban J connectivity index is 0.00000400. The molecule has 1 aromatic rings. The number of hydrogen-bond acceptors (Lipinski definition) is 1. The van der Waals surface area contributed by atoms with Crippen molar-refractivity contribution < 1.29 is 17.0 Å². The highest BCUT2D eigenvalue weighted by Crippen LogP contribution is 2.16. The molecule has 1 heterocycles. The summed E-state index contributed by atoms with van der Waals surface area (Å²) in [5.74, 6) is 1.38. The first-order valence-corrected chi connectivity index (χ1v) is 8.21. The molecule has 0 bridgehead atoms. The van der Waals surface area contributed by atoms with Crippen LogP contribution in [0.25, 0.3) is 0 Å². The molecule has 2 nitrogen and oxygen atoms in total. The van der Waals surface area contributed by atoms with E-state index in [0.717, 1.165) is 6.54 Å². The van der Waals surface area contributed by atoms with E-state index in [1.807, 2.05) is 0 Å². The predicted molar refractivity (Wildman–Crippen MR) is 88.1 cm³/mol. The molecule has 0 saturated heterocycles. The van der Waals surface area contributed by atoms with Gasteiger partial charge in [0.15, 0.2) is 0 Å². The summed E-state index contributed by atoms with van der Waals surface area (Å²) >= 11 is 0. The highest BCUT2D eigenvalue weighted by Gasteiger charge is 2.22. The van der Waals surface area contributed by atoms with Crippen LogP contribution in [0.1, 0.15) is 60.3 Å². The van der Waals surface area contributed by atoms with Gasteiger partial charge in [-0.2, -0.15) is 0 Å². The van der Waals surface area contributed by atoms with Crippen LogP contribution in [0.15, 0.2) is 24.4 Å².